The Labute approximate surface area is 131 Å². The van der Waals surface area contributed by atoms with Crippen molar-refractivity contribution in [1.29, 1.82) is 0 Å². The number of hydrazine groups is 1. The van der Waals surface area contributed by atoms with E-state index in [4.69, 9.17) is 17.4 Å². The number of hydrogen-bond acceptors (Lipinski definition) is 4. The van der Waals surface area contributed by atoms with E-state index in [0.717, 1.165) is 25.4 Å². The number of thiophene rings is 1. The van der Waals surface area contributed by atoms with Gasteiger partial charge in [0.15, 0.2) is 0 Å². The molecule has 0 saturated heterocycles. The molecule has 0 spiro atoms. The van der Waals surface area contributed by atoms with Gasteiger partial charge < -0.3 is 0 Å². The molecule has 4 nitrogen and oxygen atoms in total. The van der Waals surface area contributed by atoms with E-state index in [1.165, 1.54) is 0 Å². The first-order valence-electron chi connectivity index (χ1n) is 5.20. The second kappa shape index (κ2) is 6.02. The summed E-state index contributed by atoms with van der Waals surface area (Å²) in [6.45, 7) is 2.75. The minimum absolute atomic E-state index is 0.197. The summed E-state index contributed by atoms with van der Waals surface area (Å²) in [5.74, 6) is 5.69. The summed E-state index contributed by atoms with van der Waals surface area (Å²) in [6, 6.07) is 1.82. The molecule has 0 aliphatic carbocycles. The maximum Gasteiger partial charge on any atom is 0.0912 e. The topological polar surface area (TPSA) is 55.9 Å². The van der Waals surface area contributed by atoms with Crippen molar-refractivity contribution in [2.45, 2.75) is 19.5 Å². The fourth-order valence-corrected chi connectivity index (χ4v) is 4.93. The van der Waals surface area contributed by atoms with Crippen LogP contribution in [0.1, 0.15) is 24.2 Å². The lowest BCUT2D eigenvalue weighted by atomic mass is 10.1. The molecular weight excluding hydrogens is 403 g/mol. The van der Waals surface area contributed by atoms with Gasteiger partial charge in [-0.25, -0.2) is 5.43 Å². The van der Waals surface area contributed by atoms with Gasteiger partial charge in [0.2, 0.25) is 0 Å². The van der Waals surface area contributed by atoms with Crippen molar-refractivity contribution in [1.82, 2.24) is 15.2 Å². The molecule has 0 fully saturated rings. The maximum atomic E-state index is 6.20. The SMILES string of the molecule is CCn1ncc(Cl)c1C(NN)c1cc(Br)sc1Br. The number of nitrogens with one attached hydrogen (secondary N) is 1. The summed E-state index contributed by atoms with van der Waals surface area (Å²) in [5.41, 5.74) is 4.70. The van der Waals surface area contributed by atoms with Crippen LogP contribution in [0.5, 0.6) is 0 Å². The van der Waals surface area contributed by atoms with Crippen LogP contribution in [0.3, 0.4) is 0 Å². The van der Waals surface area contributed by atoms with Gasteiger partial charge >= 0.3 is 0 Å². The highest BCUT2D eigenvalue weighted by molar-refractivity contribution is 9.12. The summed E-state index contributed by atoms with van der Waals surface area (Å²) in [7, 11) is 0. The Morgan fingerprint density at radius 2 is 2.33 bits per heavy atom. The quantitative estimate of drug-likeness (QED) is 0.593. The first-order chi connectivity index (χ1) is 8.58. The molecule has 18 heavy (non-hydrogen) atoms. The summed E-state index contributed by atoms with van der Waals surface area (Å²) < 4.78 is 3.88. The second-order valence-electron chi connectivity index (χ2n) is 3.57. The highest BCUT2D eigenvalue weighted by Gasteiger charge is 2.24. The number of aryl methyl sites for hydroxylation is 1. The minimum Gasteiger partial charge on any atom is -0.271 e. The Morgan fingerprint density at radius 1 is 1.61 bits per heavy atom. The highest BCUT2D eigenvalue weighted by Crippen LogP contribution is 2.39. The lowest BCUT2D eigenvalue weighted by Crippen LogP contribution is -2.30. The van der Waals surface area contributed by atoms with Crippen LogP contribution in [0.4, 0.5) is 0 Å². The van der Waals surface area contributed by atoms with E-state index in [-0.39, 0.29) is 6.04 Å². The Morgan fingerprint density at radius 3 is 2.83 bits per heavy atom. The molecule has 0 radical (unpaired) electrons. The molecule has 2 aromatic heterocycles. The molecule has 2 heterocycles. The van der Waals surface area contributed by atoms with Crippen LogP contribution < -0.4 is 11.3 Å². The molecule has 98 valence electrons. The average Bonchev–Trinajstić information content (AvgIpc) is 2.85. The number of halogens is 3. The summed E-state index contributed by atoms with van der Waals surface area (Å²) in [6.07, 6.45) is 1.64. The molecule has 0 amide bonds. The molecule has 0 aliphatic rings. The van der Waals surface area contributed by atoms with Gasteiger partial charge in [0.05, 0.1) is 30.5 Å². The van der Waals surface area contributed by atoms with Gasteiger partial charge in [-0.1, -0.05) is 11.6 Å². The van der Waals surface area contributed by atoms with Crippen molar-refractivity contribution < 1.29 is 0 Å². The van der Waals surface area contributed by atoms with Crippen molar-refractivity contribution in [3.8, 4) is 0 Å². The van der Waals surface area contributed by atoms with Crippen LogP contribution in [0.25, 0.3) is 0 Å². The zero-order valence-electron chi connectivity index (χ0n) is 9.45. The van der Waals surface area contributed by atoms with Crippen LogP contribution in [0.15, 0.2) is 19.8 Å². The van der Waals surface area contributed by atoms with Crippen LogP contribution in [-0.2, 0) is 6.54 Å². The monoisotopic (exact) mass is 412 g/mol. The van der Waals surface area contributed by atoms with Gasteiger partial charge in [0.1, 0.15) is 0 Å². The van der Waals surface area contributed by atoms with Crippen molar-refractivity contribution in [2.24, 2.45) is 5.84 Å². The Balaban J connectivity index is 2.51. The van der Waals surface area contributed by atoms with Gasteiger partial charge in [-0.3, -0.25) is 10.5 Å². The predicted molar refractivity (Wildman–Crippen MR) is 81.8 cm³/mol. The van der Waals surface area contributed by atoms with Crippen molar-refractivity contribution >= 4 is 54.8 Å². The zero-order valence-corrected chi connectivity index (χ0v) is 14.2. The Kier molecular flexibility index (Phi) is 4.85. The molecule has 0 aliphatic heterocycles. The fourth-order valence-electron chi connectivity index (χ4n) is 1.78. The van der Waals surface area contributed by atoms with Crippen LogP contribution >= 0.6 is 54.8 Å². The number of nitrogens with zero attached hydrogens (tertiary/aromatic N) is 2. The zero-order chi connectivity index (χ0) is 13.3. The van der Waals surface area contributed by atoms with Crippen LogP contribution in [0, 0.1) is 0 Å². The summed E-state index contributed by atoms with van der Waals surface area (Å²) in [4.78, 5) is 0. The van der Waals surface area contributed by atoms with Crippen molar-refractivity contribution in [2.75, 3.05) is 0 Å². The van der Waals surface area contributed by atoms with Gasteiger partial charge in [-0.05, 0) is 44.8 Å². The molecule has 2 rings (SSSR count). The lowest BCUT2D eigenvalue weighted by molar-refractivity contribution is 0.543. The van der Waals surface area contributed by atoms with E-state index >= 15 is 0 Å². The third-order valence-electron chi connectivity index (χ3n) is 2.57. The van der Waals surface area contributed by atoms with Crippen LogP contribution in [-0.4, -0.2) is 9.78 Å². The second-order valence-corrected chi connectivity index (χ2v) is 7.73. The standard InChI is InChI=1S/C10H11Br2ClN4S/c1-2-17-9(6(13)4-15-17)8(16-14)5-3-7(11)18-10(5)12/h3-4,8,16H,2,14H2,1H3. The van der Waals surface area contributed by atoms with Gasteiger partial charge in [0.25, 0.3) is 0 Å². The molecular formula is C10H11Br2ClN4S. The van der Waals surface area contributed by atoms with Crippen molar-refractivity contribution in [3.63, 3.8) is 0 Å². The smallest absolute Gasteiger partial charge is 0.0912 e. The van der Waals surface area contributed by atoms with E-state index in [1.54, 1.807) is 17.5 Å². The molecule has 8 heteroatoms. The summed E-state index contributed by atoms with van der Waals surface area (Å²) >= 11 is 14.8. The Bertz CT molecular complexity index is 554. The van der Waals surface area contributed by atoms with E-state index in [9.17, 15) is 0 Å². The van der Waals surface area contributed by atoms with Gasteiger partial charge in [0, 0.05) is 12.1 Å². The molecule has 0 bridgehead atoms. The maximum absolute atomic E-state index is 6.20. The Hall–Kier alpha value is 0.0800. The number of rotatable bonds is 4. The fraction of sp³-hybridized carbons (Fsp3) is 0.300. The minimum atomic E-state index is -0.197. The number of nitrogens with two attached hydrogens (primary N) is 1. The van der Waals surface area contributed by atoms with Crippen molar-refractivity contribution in [3.05, 3.63) is 36.1 Å². The average molecular weight is 415 g/mol. The van der Waals surface area contributed by atoms with E-state index in [1.807, 2.05) is 17.7 Å². The van der Waals surface area contributed by atoms with E-state index < -0.39 is 0 Å². The predicted octanol–water partition coefficient (Wildman–Crippen LogP) is 3.70. The molecule has 0 saturated carbocycles. The van der Waals surface area contributed by atoms with Gasteiger partial charge in [-0.2, -0.15) is 5.10 Å². The number of hydrogen-bond donors (Lipinski definition) is 2. The van der Waals surface area contributed by atoms with E-state index in [2.05, 4.69) is 42.4 Å². The first kappa shape index (κ1) is 14.5. The first-order valence-corrected chi connectivity index (χ1v) is 7.98. The molecule has 2 aromatic rings. The molecule has 1 unspecified atom stereocenters. The lowest BCUT2D eigenvalue weighted by Gasteiger charge is -2.17. The largest absolute Gasteiger partial charge is 0.271 e. The highest BCUT2D eigenvalue weighted by atomic mass is 79.9. The molecule has 0 aromatic carbocycles. The normalized spacial score (nSPS) is 12.9. The summed E-state index contributed by atoms with van der Waals surface area (Å²) in [5, 5.41) is 4.84. The molecule has 1 atom stereocenters. The van der Waals surface area contributed by atoms with Gasteiger partial charge in [-0.15, -0.1) is 11.3 Å². The molecule has 3 N–H and O–H groups in total. The number of aromatic nitrogens is 2. The third-order valence-corrected chi connectivity index (χ3v) is 5.24. The van der Waals surface area contributed by atoms with E-state index in [0.29, 0.717) is 5.02 Å². The van der Waals surface area contributed by atoms with Crippen LogP contribution in [0.2, 0.25) is 5.02 Å². The third kappa shape index (κ3) is 2.66.